The molecule has 0 fully saturated rings. The van der Waals surface area contributed by atoms with E-state index in [0.717, 1.165) is 49.2 Å². The molecule has 1 N–H and O–H groups in total. The fraction of sp³-hybridized carbons (Fsp3) is 0.647. The minimum atomic E-state index is 0.313. The van der Waals surface area contributed by atoms with Crippen LogP contribution in [0.2, 0.25) is 0 Å². The van der Waals surface area contributed by atoms with Gasteiger partial charge in [-0.1, -0.05) is 29.8 Å². The molecule has 0 aliphatic rings. The summed E-state index contributed by atoms with van der Waals surface area (Å²) in [6.07, 6.45) is 3.34. The molecule has 0 bridgehead atoms. The van der Waals surface area contributed by atoms with E-state index in [9.17, 15) is 0 Å². The third-order valence-electron chi connectivity index (χ3n) is 3.78. The highest BCUT2D eigenvalue weighted by Gasteiger charge is 2.18. The molecule has 0 heterocycles. The lowest BCUT2D eigenvalue weighted by atomic mass is 9.83. The predicted molar refractivity (Wildman–Crippen MR) is 92.2 cm³/mol. The lowest BCUT2D eigenvalue weighted by Gasteiger charge is -2.25. The van der Waals surface area contributed by atoms with Crippen molar-refractivity contribution in [3.63, 3.8) is 0 Å². The monoisotopic (exact) mass is 357 g/mol. The Morgan fingerprint density at radius 2 is 1.90 bits per heavy atom. The van der Waals surface area contributed by atoms with Crippen molar-refractivity contribution >= 4 is 15.9 Å². The molecule has 0 radical (unpaired) electrons. The SMILES string of the molecule is COCCNCCC(C)(C)CCc1cc(Br)ccc1OC. The number of nitrogens with one attached hydrogen (secondary N) is 1. The molecular weight excluding hydrogens is 330 g/mol. The standard InChI is InChI=1S/C17H28BrNO2/c1-17(2,9-10-19-11-12-20-3)8-7-14-13-15(18)5-6-16(14)21-4/h5-6,13,19H,7-12H2,1-4H3. The highest BCUT2D eigenvalue weighted by Crippen LogP contribution is 2.30. The van der Waals surface area contributed by atoms with Gasteiger partial charge < -0.3 is 14.8 Å². The Labute approximate surface area is 137 Å². The molecule has 0 aliphatic carbocycles. The molecule has 0 atom stereocenters. The van der Waals surface area contributed by atoms with Crippen LogP contribution in [0.4, 0.5) is 0 Å². The van der Waals surface area contributed by atoms with E-state index in [-0.39, 0.29) is 0 Å². The van der Waals surface area contributed by atoms with Crippen molar-refractivity contribution in [1.82, 2.24) is 5.32 Å². The van der Waals surface area contributed by atoms with Crippen molar-refractivity contribution in [3.05, 3.63) is 28.2 Å². The molecule has 1 aromatic carbocycles. The first-order valence-electron chi connectivity index (χ1n) is 7.50. The Kier molecular flexibility index (Phi) is 8.30. The zero-order valence-electron chi connectivity index (χ0n) is 13.7. The quantitative estimate of drug-likeness (QED) is 0.641. The van der Waals surface area contributed by atoms with Crippen LogP contribution in [-0.2, 0) is 11.2 Å². The van der Waals surface area contributed by atoms with E-state index < -0.39 is 0 Å². The van der Waals surface area contributed by atoms with Crippen LogP contribution in [0.3, 0.4) is 0 Å². The van der Waals surface area contributed by atoms with Gasteiger partial charge in [0.05, 0.1) is 13.7 Å². The first-order valence-corrected chi connectivity index (χ1v) is 8.30. The minimum absolute atomic E-state index is 0.313. The zero-order chi connectivity index (χ0) is 15.7. The number of aryl methyl sites for hydroxylation is 1. The summed E-state index contributed by atoms with van der Waals surface area (Å²) in [5.74, 6) is 0.979. The maximum absolute atomic E-state index is 5.44. The van der Waals surface area contributed by atoms with Crippen molar-refractivity contribution in [2.75, 3.05) is 33.9 Å². The summed E-state index contributed by atoms with van der Waals surface area (Å²) in [5.41, 5.74) is 1.58. The van der Waals surface area contributed by atoms with Crippen LogP contribution in [0.25, 0.3) is 0 Å². The fourth-order valence-electron chi connectivity index (χ4n) is 2.27. The van der Waals surface area contributed by atoms with Gasteiger partial charge in [0.1, 0.15) is 5.75 Å². The molecule has 0 saturated carbocycles. The Morgan fingerprint density at radius 3 is 2.57 bits per heavy atom. The molecule has 0 amide bonds. The van der Waals surface area contributed by atoms with E-state index in [1.54, 1.807) is 14.2 Å². The summed E-state index contributed by atoms with van der Waals surface area (Å²) < 4.78 is 11.6. The molecule has 0 spiro atoms. The van der Waals surface area contributed by atoms with E-state index >= 15 is 0 Å². The number of hydrogen-bond acceptors (Lipinski definition) is 3. The predicted octanol–water partition coefficient (Wildman–Crippen LogP) is 4.04. The normalized spacial score (nSPS) is 11.7. The van der Waals surface area contributed by atoms with Crippen LogP contribution < -0.4 is 10.1 Å². The third kappa shape index (κ3) is 7.30. The Balaban J connectivity index is 2.43. The van der Waals surface area contributed by atoms with Crippen LogP contribution in [-0.4, -0.2) is 33.9 Å². The Bertz CT molecular complexity index is 421. The molecule has 3 nitrogen and oxygen atoms in total. The average Bonchev–Trinajstić information content (AvgIpc) is 2.45. The van der Waals surface area contributed by atoms with Crippen LogP contribution in [0.1, 0.15) is 32.3 Å². The first kappa shape index (κ1) is 18.5. The first-order chi connectivity index (χ1) is 9.98. The number of hydrogen-bond donors (Lipinski definition) is 1. The molecule has 0 unspecified atom stereocenters. The number of halogens is 1. The molecule has 4 heteroatoms. The summed E-state index contributed by atoms with van der Waals surface area (Å²) in [6.45, 7) is 7.39. The van der Waals surface area contributed by atoms with Crippen LogP contribution in [0, 0.1) is 5.41 Å². The van der Waals surface area contributed by atoms with Crippen LogP contribution >= 0.6 is 15.9 Å². The maximum atomic E-state index is 5.44. The van der Waals surface area contributed by atoms with Gasteiger partial charge >= 0.3 is 0 Å². The largest absolute Gasteiger partial charge is 0.496 e. The topological polar surface area (TPSA) is 30.5 Å². The van der Waals surface area contributed by atoms with E-state index in [2.05, 4.69) is 41.2 Å². The van der Waals surface area contributed by atoms with Crippen molar-refractivity contribution in [3.8, 4) is 5.75 Å². The Morgan fingerprint density at radius 1 is 1.14 bits per heavy atom. The van der Waals surface area contributed by atoms with Gasteiger partial charge in [-0.25, -0.2) is 0 Å². The summed E-state index contributed by atoms with van der Waals surface area (Å²) in [5, 5.41) is 3.42. The van der Waals surface area contributed by atoms with Crippen molar-refractivity contribution in [2.45, 2.75) is 33.1 Å². The summed E-state index contributed by atoms with van der Waals surface area (Å²) in [4.78, 5) is 0. The summed E-state index contributed by atoms with van der Waals surface area (Å²) >= 11 is 3.53. The van der Waals surface area contributed by atoms with Crippen molar-refractivity contribution in [1.29, 1.82) is 0 Å². The fourth-order valence-corrected chi connectivity index (χ4v) is 2.68. The molecule has 21 heavy (non-hydrogen) atoms. The second-order valence-electron chi connectivity index (χ2n) is 6.11. The molecule has 0 aliphatic heterocycles. The van der Waals surface area contributed by atoms with Crippen LogP contribution in [0.15, 0.2) is 22.7 Å². The molecule has 1 rings (SSSR count). The highest BCUT2D eigenvalue weighted by molar-refractivity contribution is 9.10. The highest BCUT2D eigenvalue weighted by atomic mass is 79.9. The number of ether oxygens (including phenoxy) is 2. The van der Waals surface area contributed by atoms with E-state index in [1.807, 2.05) is 12.1 Å². The van der Waals surface area contributed by atoms with Crippen molar-refractivity contribution < 1.29 is 9.47 Å². The third-order valence-corrected chi connectivity index (χ3v) is 4.27. The van der Waals surface area contributed by atoms with Gasteiger partial charge in [0.2, 0.25) is 0 Å². The maximum Gasteiger partial charge on any atom is 0.122 e. The van der Waals surface area contributed by atoms with Gasteiger partial charge in [-0.3, -0.25) is 0 Å². The van der Waals surface area contributed by atoms with E-state index in [1.165, 1.54) is 5.56 Å². The summed E-state index contributed by atoms with van der Waals surface area (Å²) in [7, 11) is 3.47. The number of benzene rings is 1. The number of rotatable bonds is 10. The minimum Gasteiger partial charge on any atom is -0.496 e. The second-order valence-corrected chi connectivity index (χ2v) is 7.03. The van der Waals surface area contributed by atoms with Crippen LogP contribution in [0.5, 0.6) is 5.75 Å². The Hall–Kier alpha value is -0.580. The molecule has 1 aromatic rings. The van der Waals surface area contributed by atoms with Gasteiger partial charge in [0.25, 0.3) is 0 Å². The average molecular weight is 358 g/mol. The molecular formula is C17H28BrNO2. The van der Waals surface area contributed by atoms with Gasteiger partial charge in [0, 0.05) is 18.1 Å². The van der Waals surface area contributed by atoms with Gasteiger partial charge in [-0.05, 0) is 55.0 Å². The van der Waals surface area contributed by atoms with E-state index in [0.29, 0.717) is 5.41 Å². The lowest BCUT2D eigenvalue weighted by molar-refractivity contribution is 0.196. The van der Waals surface area contributed by atoms with Gasteiger partial charge in [-0.15, -0.1) is 0 Å². The summed E-state index contributed by atoms with van der Waals surface area (Å²) in [6, 6.07) is 6.21. The molecule has 120 valence electrons. The van der Waals surface area contributed by atoms with Gasteiger partial charge in [-0.2, -0.15) is 0 Å². The van der Waals surface area contributed by atoms with Gasteiger partial charge in [0.15, 0.2) is 0 Å². The molecule has 0 aromatic heterocycles. The zero-order valence-corrected chi connectivity index (χ0v) is 15.3. The smallest absolute Gasteiger partial charge is 0.122 e. The lowest BCUT2D eigenvalue weighted by Crippen LogP contribution is -2.25. The molecule has 0 saturated heterocycles. The van der Waals surface area contributed by atoms with Crippen molar-refractivity contribution in [2.24, 2.45) is 5.41 Å². The second kappa shape index (κ2) is 9.44. The number of methoxy groups -OCH3 is 2. The van der Waals surface area contributed by atoms with E-state index in [4.69, 9.17) is 9.47 Å².